The highest BCUT2D eigenvalue weighted by Crippen LogP contribution is 2.34. The number of hydrogen-bond donors (Lipinski definition) is 1. The van der Waals surface area contributed by atoms with Crippen molar-refractivity contribution in [2.45, 2.75) is 13.0 Å². The van der Waals surface area contributed by atoms with Crippen LogP contribution < -0.4 is 4.74 Å². The number of aliphatic hydroxyl groups is 1. The molecule has 0 bridgehead atoms. The van der Waals surface area contributed by atoms with Gasteiger partial charge in [0.15, 0.2) is 0 Å². The summed E-state index contributed by atoms with van der Waals surface area (Å²) >= 11 is 11.9. The second-order valence-corrected chi connectivity index (χ2v) is 4.68. The molecule has 0 heterocycles. The lowest BCUT2D eigenvalue weighted by atomic mass is 10.1. The Labute approximate surface area is 116 Å². The van der Waals surface area contributed by atoms with Crippen molar-refractivity contribution in [3.05, 3.63) is 58.1 Å². The predicted molar refractivity (Wildman–Crippen MR) is 73.6 cm³/mol. The third kappa shape index (κ3) is 2.96. The molecule has 4 heteroatoms. The van der Waals surface area contributed by atoms with Crippen LogP contribution in [0.4, 0.5) is 0 Å². The van der Waals surface area contributed by atoms with Crippen LogP contribution in [0.2, 0.25) is 10.0 Å². The summed E-state index contributed by atoms with van der Waals surface area (Å²) in [5, 5.41) is 10.2. The lowest BCUT2D eigenvalue weighted by Gasteiger charge is -2.10. The van der Waals surface area contributed by atoms with Crippen LogP contribution in [0.3, 0.4) is 0 Å². The summed E-state index contributed by atoms with van der Waals surface area (Å²) in [6, 6.07) is 12.4. The van der Waals surface area contributed by atoms with Gasteiger partial charge in [-0.15, -0.1) is 0 Å². The lowest BCUT2D eigenvalue weighted by molar-refractivity contribution is 0.199. The second-order valence-electron chi connectivity index (χ2n) is 3.90. The monoisotopic (exact) mass is 282 g/mol. The Balaban J connectivity index is 2.21. The Morgan fingerprint density at radius 2 is 1.72 bits per heavy atom. The van der Waals surface area contributed by atoms with Gasteiger partial charge in [-0.2, -0.15) is 0 Å². The van der Waals surface area contributed by atoms with Gasteiger partial charge < -0.3 is 9.84 Å². The number of hydrogen-bond acceptors (Lipinski definition) is 2. The average Bonchev–Trinajstić information content (AvgIpc) is 2.36. The van der Waals surface area contributed by atoms with Gasteiger partial charge in [0.05, 0.1) is 11.1 Å². The summed E-state index contributed by atoms with van der Waals surface area (Å²) in [5.41, 5.74) is 0.833. The van der Waals surface area contributed by atoms with Gasteiger partial charge in [0, 0.05) is 0 Å². The molecule has 1 atom stereocenters. The van der Waals surface area contributed by atoms with Gasteiger partial charge in [-0.1, -0.05) is 41.4 Å². The van der Waals surface area contributed by atoms with E-state index < -0.39 is 6.10 Å². The van der Waals surface area contributed by atoms with Crippen LogP contribution in [-0.4, -0.2) is 5.11 Å². The molecule has 0 saturated heterocycles. The smallest absolute Gasteiger partial charge is 0.147 e. The Bertz CT molecular complexity index is 536. The predicted octanol–water partition coefficient (Wildman–Crippen LogP) is 4.84. The van der Waals surface area contributed by atoms with E-state index in [4.69, 9.17) is 27.9 Å². The maximum Gasteiger partial charge on any atom is 0.147 e. The van der Waals surface area contributed by atoms with Gasteiger partial charge >= 0.3 is 0 Å². The van der Waals surface area contributed by atoms with E-state index in [1.54, 1.807) is 49.4 Å². The van der Waals surface area contributed by atoms with Crippen molar-refractivity contribution >= 4 is 23.2 Å². The first kappa shape index (κ1) is 13.2. The summed E-state index contributed by atoms with van der Waals surface area (Å²) in [4.78, 5) is 0. The van der Waals surface area contributed by atoms with Crippen LogP contribution in [0.25, 0.3) is 0 Å². The fourth-order valence-corrected chi connectivity index (χ4v) is 1.83. The van der Waals surface area contributed by atoms with Gasteiger partial charge in [0.2, 0.25) is 0 Å². The van der Waals surface area contributed by atoms with E-state index >= 15 is 0 Å². The molecule has 2 aromatic rings. The van der Waals surface area contributed by atoms with Gasteiger partial charge in [-0.3, -0.25) is 0 Å². The highest BCUT2D eigenvalue weighted by atomic mass is 35.5. The third-order valence-electron chi connectivity index (χ3n) is 2.51. The third-order valence-corrected chi connectivity index (χ3v) is 3.31. The molecule has 0 fully saturated rings. The van der Waals surface area contributed by atoms with E-state index in [9.17, 15) is 5.11 Å². The largest absolute Gasteiger partial charge is 0.456 e. The van der Waals surface area contributed by atoms with Crippen LogP contribution in [0.15, 0.2) is 42.5 Å². The van der Waals surface area contributed by atoms with Crippen molar-refractivity contribution in [3.63, 3.8) is 0 Å². The molecule has 0 aliphatic rings. The van der Waals surface area contributed by atoms with E-state index in [1.807, 2.05) is 0 Å². The summed E-state index contributed by atoms with van der Waals surface area (Å²) in [7, 11) is 0. The minimum absolute atomic E-state index is 0.388. The first-order valence-corrected chi connectivity index (χ1v) is 6.23. The summed E-state index contributed by atoms with van der Waals surface area (Å²) < 4.78 is 5.63. The van der Waals surface area contributed by atoms with E-state index in [2.05, 4.69) is 0 Å². The number of ether oxygens (including phenoxy) is 1. The highest BCUT2D eigenvalue weighted by Gasteiger charge is 2.07. The van der Waals surface area contributed by atoms with Gasteiger partial charge in [0.25, 0.3) is 0 Å². The van der Waals surface area contributed by atoms with E-state index in [0.29, 0.717) is 21.5 Å². The summed E-state index contributed by atoms with van der Waals surface area (Å²) in [6.07, 6.45) is -0.492. The minimum atomic E-state index is -0.492. The highest BCUT2D eigenvalue weighted by molar-refractivity contribution is 6.42. The molecule has 0 saturated carbocycles. The van der Waals surface area contributed by atoms with Crippen LogP contribution >= 0.6 is 23.2 Å². The number of benzene rings is 2. The van der Waals surface area contributed by atoms with Gasteiger partial charge in [-0.25, -0.2) is 0 Å². The van der Waals surface area contributed by atoms with E-state index in [-0.39, 0.29) is 0 Å². The maximum absolute atomic E-state index is 9.41. The van der Waals surface area contributed by atoms with Crippen LogP contribution in [0.1, 0.15) is 18.6 Å². The molecule has 0 aromatic heterocycles. The molecule has 0 spiro atoms. The average molecular weight is 283 g/mol. The molecular formula is C14H12Cl2O2. The summed E-state index contributed by atoms with van der Waals surface area (Å²) in [6.45, 7) is 1.71. The SMILES string of the molecule is C[C@@H](O)c1ccc(Oc2cccc(Cl)c2Cl)cc1. The van der Waals surface area contributed by atoms with Gasteiger partial charge in [0.1, 0.15) is 16.5 Å². The minimum Gasteiger partial charge on any atom is -0.456 e. The molecular weight excluding hydrogens is 271 g/mol. The van der Waals surface area contributed by atoms with Crippen molar-refractivity contribution in [1.29, 1.82) is 0 Å². The molecule has 0 radical (unpaired) electrons. The fourth-order valence-electron chi connectivity index (χ4n) is 1.50. The molecule has 0 aliphatic heterocycles. The van der Waals surface area contributed by atoms with Crippen molar-refractivity contribution in [1.82, 2.24) is 0 Å². The van der Waals surface area contributed by atoms with Crippen molar-refractivity contribution in [3.8, 4) is 11.5 Å². The Morgan fingerprint density at radius 3 is 2.33 bits per heavy atom. The Hall–Kier alpha value is -1.22. The zero-order valence-electron chi connectivity index (χ0n) is 9.73. The van der Waals surface area contributed by atoms with Crippen LogP contribution in [0.5, 0.6) is 11.5 Å². The zero-order chi connectivity index (χ0) is 13.1. The number of halogens is 2. The Morgan fingerprint density at radius 1 is 1.06 bits per heavy atom. The number of rotatable bonds is 3. The molecule has 2 aromatic carbocycles. The van der Waals surface area contributed by atoms with Gasteiger partial charge in [-0.05, 0) is 36.8 Å². The quantitative estimate of drug-likeness (QED) is 0.873. The number of aliphatic hydroxyl groups excluding tert-OH is 1. The molecule has 2 rings (SSSR count). The first-order valence-electron chi connectivity index (χ1n) is 5.48. The maximum atomic E-state index is 9.41. The topological polar surface area (TPSA) is 29.5 Å². The molecule has 18 heavy (non-hydrogen) atoms. The van der Waals surface area contributed by atoms with E-state index in [1.165, 1.54) is 0 Å². The van der Waals surface area contributed by atoms with Crippen molar-refractivity contribution in [2.75, 3.05) is 0 Å². The van der Waals surface area contributed by atoms with Crippen molar-refractivity contribution in [2.24, 2.45) is 0 Å². The first-order chi connectivity index (χ1) is 8.58. The molecule has 0 amide bonds. The summed E-state index contributed by atoms with van der Waals surface area (Å²) in [5.74, 6) is 1.15. The van der Waals surface area contributed by atoms with Crippen molar-refractivity contribution < 1.29 is 9.84 Å². The standard InChI is InChI=1S/C14H12Cl2O2/c1-9(17)10-5-7-11(8-6-10)18-13-4-2-3-12(15)14(13)16/h2-9,17H,1H3/t9-/m1/s1. The molecule has 94 valence electrons. The molecule has 1 N–H and O–H groups in total. The van der Waals surface area contributed by atoms with Crippen LogP contribution in [-0.2, 0) is 0 Å². The lowest BCUT2D eigenvalue weighted by Crippen LogP contribution is -1.91. The molecule has 0 aliphatic carbocycles. The second kappa shape index (κ2) is 5.61. The zero-order valence-corrected chi connectivity index (χ0v) is 11.2. The van der Waals surface area contributed by atoms with Crippen LogP contribution in [0, 0.1) is 0 Å². The molecule has 0 unspecified atom stereocenters. The normalized spacial score (nSPS) is 12.2. The Kier molecular flexibility index (Phi) is 4.12. The fraction of sp³-hybridized carbons (Fsp3) is 0.143. The van der Waals surface area contributed by atoms with E-state index in [0.717, 1.165) is 5.56 Å². The molecule has 2 nitrogen and oxygen atoms in total.